The van der Waals surface area contributed by atoms with Crippen molar-refractivity contribution in [3.05, 3.63) is 12.7 Å². The lowest BCUT2D eigenvalue weighted by atomic mass is 10.2. The van der Waals surface area contributed by atoms with Crippen LogP contribution in [0.2, 0.25) is 0 Å². The summed E-state index contributed by atoms with van der Waals surface area (Å²) in [6, 6.07) is 0.248. The second-order valence-electron chi connectivity index (χ2n) is 4.21. The average Bonchev–Trinajstić information content (AvgIpc) is 2.18. The highest BCUT2D eigenvalue weighted by atomic mass is 16.2. The number of hydrogen-bond donors (Lipinski definition) is 1. The lowest BCUT2D eigenvalue weighted by Gasteiger charge is -2.30. The fourth-order valence-corrected chi connectivity index (χ4v) is 1.74. The first kappa shape index (κ1) is 15.1. The van der Waals surface area contributed by atoms with Gasteiger partial charge in [-0.3, -0.25) is 4.79 Å². The maximum absolute atomic E-state index is 11.9. The van der Waals surface area contributed by atoms with Crippen molar-refractivity contribution in [2.24, 2.45) is 0 Å². The number of likely N-dealkylation sites (N-methyl/N-ethyl adjacent to an activating group) is 2. The van der Waals surface area contributed by atoms with E-state index in [1.807, 2.05) is 25.9 Å². The van der Waals surface area contributed by atoms with E-state index < -0.39 is 0 Å². The lowest BCUT2D eigenvalue weighted by Crippen LogP contribution is -2.47. The summed E-state index contributed by atoms with van der Waals surface area (Å²) in [5.74, 6) is 0.152. The number of nitrogens with one attached hydrogen (secondary N) is 1. The van der Waals surface area contributed by atoms with E-state index in [4.69, 9.17) is 0 Å². The van der Waals surface area contributed by atoms with E-state index in [-0.39, 0.29) is 11.9 Å². The monoisotopic (exact) mass is 227 g/mol. The molecule has 1 unspecified atom stereocenters. The molecule has 4 nitrogen and oxygen atoms in total. The predicted molar refractivity (Wildman–Crippen MR) is 68.5 cm³/mol. The Bertz CT molecular complexity index is 216. The molecule has 0 aromatic carbocycles. The van der Waals surface area contributed by atoms with Gasteiger partial charge in [-0.2, -0.15) is 0 Å². The van der Waals surface area contributed by atoms with Crippen molar-refractivity contribution in [1.29, 1.82) is 0 Å². The van der Waals surface area contributed by atoms with E-state index in [0.29, 0.717) is 13.1 Å². The second-order valence-corrected chi connectivity index (χ2v) is 4.21. The first-order valence-electron chi connectivity index (χ1n) is 5.78. The fraction of sp³-hybridized carbons (Fsp3) is 0.750. The molecule has 0 aliphatic carbocycles. The zero-order valence-electron chi connectivity index (χ0n) is 11.0. The van der Waals surface area contributed by atoms with Crippen LogP contribution in [-0.2, 0) is 4.79 Å². The van der Waals surface area contributed by atoms with Crippen LogP contribution in [0.15, 0.2) is 12.7 Å². The van der Waals surface area contributed by atoms with Crippen LogP contribution in [0.25, 0.3) is 0 Å². The van der Waals surface area contributed by atoms with Crippen LogP contribution < -0.4 is 5.32 Å². The summed E-state index contributed by atoms with van der Waals surface area (Å²) in [6.07, 6.45) is 1.76. The highest BCUT2D eigenvalue weighted by Gasteiger charge is 2.17. The largest absolute Gasteiger partial charge is 0.338 e. The molecule has 1 atom stereocenters. The molecule has 0 aliphatic rings. The normalized spacial score (nSPS) is 12.6. The molecule has 0 aromatic rings. The third-order valence-corrected chi connectivity index (χ3v) is 2.39. The van der Waals surface area contributed by atoms with Crippen molar-refractivity contribution in [3.63, 3.8) is 0 Å². The topological polar surface area (TPSA) is 35.6 Å². The molecule has 16 heavy (non-hydrogen) atoms. The number of carbonyl (C=O) groups excluding carboxylic acids is 1. The molecule has 0 saturated carbocycles. The molecule has 0 bridgehead atoms. The average molecular weight is 227 g/mol. The number of nitrogens with zero attached hydrogens (tertiary/aromatic N) is 2. The highest BCUT2D eigenvalue weighted by molar-refractivity contribution is 5.78. The Balaban J connectivity index is 4.13. The van der Waals surface area contributed by atoms with E-state index in [1.54, 1.807) is 6.08 Å². The number of rotatable bonds is 8. The Kier molecular flexibility index (Phi) is 7.85. The third-order valence-electron chi connectivity index (χ3n) is 2.39. The van der Waals surface area contributed by atoms with Gasteiger partial charge in [0.1, 0.15) is 0 Å². The number of amides is 1. The molecule has 0 fully saturated rings. The summed E-state index contributed by atoms with van der Waals surface area (Å²) in [4.78, 5) is 15.9. The van der Waals surface area contributed by atoms with Gasteiger partial charge in [-0.25, -0.2) is 0 Å². The Morgan fingerprint density at radius 2 is 2.12 bits per heavy atom. The van der Waals surface area contributed by atoms with Crippen LogP contribution in [0.4, 0.5) is 0 Å². The maximum atomic E-state index is 11.9. The number of hydrogen-bond acceptors (Lipinski definition) is 3. The number of carbonyl (C=O) groups is 1. The molecule has 1 amide bonds. The molecule has 0 spiro atoms. The van der Waals surface area contributed by atoms with Crippen LogP contribution in [-0.4, -0.2) is 62.0 Å². The molecule has 0 radical (unpaired) electrons. The van der Waals surface area contributed by atoms with Crippen molar-refractivity contribution in [1.82, 2.24) is 15.1 Å². The van der Waals surface area contributed by atoms with Gasteiger partial charge in [-0.05, 0) is 27.9 Å². The van der Waals surface area contributed by atoms with Crippen LogP contribution in [0.3, 0.4) is 0 Å². The summed E-state index contributed by atoms with van der Waals surface area (Å²) >= 11 is 0. The first-order valence-corrected chi connectivity index (χ1v) is 5.78. The van der Waals surface area contributed by atoms with Gasteiger partial charge in [0.15, 0.2) is 0 Å². The predicted octanol–water partition coefficient (Wildman–Crippen LogP) is 0.561. The quantitative estimate of drug-likeness (QED) is 0.486. The van der Waals surface area contributed by atoms with Gasteiger partial charge in [0.2, 0.25) is 5.91 Å². The molecule has 0 rings (SSSR count). The van der Waals surface area contributed by atoms with Gasteiger partial charge in [0.25, 0.3) is 0 Å². The van der Waals surface area contributed by atoms with E-state index in [2.05, 4.69) is 23.7 Å². The summed E-state index contributed by atoms with van der Waals surface area (Å²) in [5, 5.41) is 3.03. The molecule has 0 saturated heterocycles. The van der Waals surface area contributed by atoms with E-state index in [0.717, 1.165) is 13.1 Å². The molecule has 0 heterocycles. The summed E-state index contributed by atoms with van der Waals surface area (Å²) in [7, 11) is 4.04. The Labute approximate surface area is 99.3 Å². The fourth-order valence-electron chi connectivity index (χ4n) is 1.74. The summed E-state index contributed by atoms with van der Waals surface area (Å²) in [6.45, 7) is 10.4. The van der Waals surface area contributed by atoms with Crippen LogP contribution in [0.5, 0.6) is 0 Å². The van der Waals surface area contributed by atoms with E-state index >= 15 is 0 Å². The van der Waals surface area contributed by atoms with Gasteiger partial charge in [-0.1, -0.05) is 6.08 Å². The van der Waals surface area contributed by atoms with Crippen molar-refractivity contribution < 1.29 is 4.79 Å². The minimum Gasteiger partial charge on any atom is -0.338 e. The second kappa shape index (κ2) is 8.30. The Morgan fingerprint density at radius 1 is 1.50 bits per heavy atom. The molecule has 1 N–H and O–H groups in total. The van der Waals surface area contributed by atoms with Gasteiger partial charge < -0.3 is 15.1 Å². The third kappa shape index (κ3) is 5.88. The van der Waals surface area contributed by atoms with Crippen molar-refractivity contribution in [2.45, 2.75) is 19.9 Å². The molecule has 4 heteroatoms. The standard InChI is InChI=1S/C12H25N3O/c1-6-8-13-9-12(16)15(7-2)11(3)10-14(4)5/h6,11,13H,1,7-10H2,2-5H3. The minimum atomic E-state index is 0.152. The van der Waals surface area contributed by atoms with Crippen LogP contribution in [0.1, 0.15) is 13.8 Å². The van der Waals surface area contributed by atoms with E-state index in [9.17, 15) is 4.79 Å². The molecule has 0 aliphatic heterocycles. The summed E-state index contributed by atoms with van der Waals surface area (Å²) in [5.41, 5.74) is 0. The molecule has 0 aromatic heterocycles. The SMILES string of the molecule is C=CCNCC(=O)N(CC)C(C)CN(C)C. The summed E-state index contributed by atoms with van der Waals surface area (Å²) < 4.78 is 0. The van der Waals surface area contributed by atoms with Crippen LogP contribution >= 0.6 is 0 Å². The lowest BCUT2D eigenvalue weighted by molar-refractivity contribution is -0.132. The van der Waals surface area contributed by atoms with Gasteiger partial charge in [0, 0.05) is 25.7 Å². The van der Waals surface area contributed by atoms with Crippen molar-refractivity contribution in [3.8, 4) is 0 Å². The zero-order chi connectivity index (χ0) is 12.6. The van der Waals surface area contributed by atoms with Crippen molar-refractivity contribution in [2.75, 3.05) is 40.3 Å². The Morgan fingerprint density at radius 3 is 2.56 bits per heavy atom. The molecule has 94 valence electrons. The van der Waals surface area contributed by atoms with Gasteiger partial charge in [-0.15, -0.1) is 6.58 Å². The van der Waals surface area contributed by atoms with E-state index in [1.165, 1.54) is 0 Å². The minimum absolute atomic E-state index is 0.152. The van der Waals surface area contributed by atoms with Crippen molar-refractivity contribution >= 4 is 5.91 Å². The maximum Gasteiger partial charge on any atom is 0.236 e. The van der Waals surface area contributed by atoms with Gasteiger partial charge >= 0.3 is 0 Å². The highest BCUT2D eigenvalue weighted by Crippen LogP contribution is 2.00. The zero-order valence-corrected chi connectivity index (χ0v) is 11.0. The van der Waals surface area contributed by atoms with Gasteiger partial charge in [0.05, 0.1) is 6.54 Å². The molecular weight excluding hydrogens is 202 g/mol. The van der Waals surface area contributed by atoms with Crippen LogP contribution in [0, 0.1) is 0 Å². The molecular formula is C12H25N3O. The smallest absolute Gasteiger partial charge is 0.236 e. The first-order chi connectivity index (χ1) is 7.52. The Hall–Kier alpha value is -0.870.